The molecular weight excluding hydrogens is 901 g/mol. The van der Waals surface area contributed by atoms with Gasteiger partial charge < -0.3 is 9.84 Å². The average Bonchev–Trinajstić information content (AvgIpc) is 3.83. The molecule has 0 saturated heterocycles. The third-order valence-corrected chi connectivity index (χ3v) is 15.6. The van der Waals surface area contributed by atoms with E-state index < -0.39 is 17.8 Å². The number of carbonyl (C=O) groups excluding carboxylic acids is 3. The smallest absolute Gasteiger partial charge is 0.196 e. The Kier molecular flexibility index (Phi) is 21.3. The summed E-state index contributed by atoms with van der Waals surface area (Å²) in [7, 11) is 0.201. The molecule has 7 rings (SSSR count). The molecule has 1 aliphatic carbocycles. The van der Waals surface area contributed by atoms with Gasteiger partial charge in [0.1, 0.15) is 23.4 Å². The van der Waals surface area contributed by atoms with Crippen molar-refractivity contribution in [3.05, 3.63) is 217 Å². The van der Waals surface area contributed by atoms with Crippen molar-refractivity contribution < 1.29 is 33.0 Å². The Balaban J connectivity index is 0.000000217. The SMILES string of the molecule is C/C(F)=C\C(F)=C/CC(=O)c1ccc(C)cc1.CC(=C/C(C)C)/C=C(\C)C(O)c1ccc(O/C(C)=C/C(=C\CC2CCC2)C(=O)c2ccc[pH]2)cc1.Cc1ccc(C(=O)C2=CC3=CCCCP32)cc1. The lowest BCUT2D eigenvalue weighted by atomic mass is 9.82. The first kappa shape index (κ1) is 54.4. The Labute approximate surface area is 412 Å². The molecule has 1 aromatic heterocycles. The summed E-state index contributed by atoms with van der Waals surface area (Å²) in [6.45, 7) is 15.3. The fourth-order valence-electron chi connectivity index (χ4n) is 7.92. The second-order valence-corrected chi connectivity index (χ2v) is 21.9. The minimum absolute atomic E-state index is 0.0708. The van der Waals surface area contributed by atoms with E-state index in [9.17, 15) is 28.3 Å². The van der Waals surface area contributed by atoms with Crippen molar-refractivity contribution in [1.29, 1.82) is 0 Å². The second-order valence-electron chi connectivity index (χ2n) is 18.4. The maximum Gasteiger partial charge on any atom is 0.196 e. The van der Waals surface area contributed by atoms with Crippen molar-refractivity contribution in [1.82, 2.24) is 0 Å². The molecular formula is C60H68F2O5P2. The summed E-state index contributed by atoms with van der Waals surface area (Å²) in [5.41, 5.74) is 7.22. The van der Waals surface area contributed by atoms with Gasteiger partial charge in [0.15, 0.2) is 17.3 Å². The maximum atomic E-state index is 13.1. The summed E-state index contributed by atoms with van der Waals surface area (Å²) in [6.07, 6.45) is 22.1. The minimum Gasteiger partial charge on any atom is -0.462 e. The number of halogens is 2. The number of ketones is 3. The minimum atomic E-state index is -0.731. The lowest BCUT2D eigenvalue weighted by molar-refractivity contribution is 0.0992. The summed E-state index contributed by atoms with van der Waals surface area (Å²) < 4.78 is 31.4. The topological polar surface area (TPSA) is 80.7 Å². The number of Topliss-reactive ketones (excluding diaryl/α,β-unsaturated/α-hetero) is 3. The monoisotopic (exact) mass is 968 g/mol. The van der Waals surface area contributed by atoms with Crippen LogP contribution in [0.1, 0.15) is 140 Å². The highest BCUT2D eigenvalue weighted by atomic mass is 31.1. The first-order valence-electron chi connectivity index (χ1n) is 24.0. The van der Waals surface area contributed by atoms with Crippen molar-refractivity contribution in [2.24, 2.45) is 11.8 Å². The summed E-state index contributed by atoms with van der Waals surface area (Å²) in [4.78, 5) is 37.0. The van der Waals surface area contributed by atoms with E-state index in [2.05, 4.69) is 45.1 Å². The van der Waals surface area contributed by atoms with Crippen LogP contribution in [0.5, 0.6) is 5.75 Å². The molecule has 5 nitrogen and oxygen atoms in total. The van der Waals surface area contributed by atoms with Gasteiger partial charge in [0.05, 0.1) is 5.83 Å². The van der Waals surface area contributed by atoms with Gasteiger partial charge in [-0.15, -0.1) is 8.19 Å². The number of fused-ring (bicyclic) bond motifs is 1. The van der Waals surface area contributed by atoms with Crippen LogP contribution in [0.2, 0.25) is 0 Å². The number of aliphatic hydroxyl groups is 1. The molecule has 3 aliphatic rings. The predicted molar refractivity (Wildman–Crippen MR) is 285 cm³/mol. The van der Waals surface area contributed by atoms with Crippen molar-refractivity contribution in [2.45, 2.75) is 106 Å². The molecule has 0 radical (unpaired) electrons. The van der Waals surface area contributed by atoms with Crippen molar-refractivity contribution in [2.75, 3.05) is 6.16 Å². The number of carbonyl (C=O) groups is 3. The van der Waals surface area contributed by atoms with E-state index in [0.29, 0.717) is 37.1 Å². The zero-order chi connectivity index (χ0) is 50.0. The zero-order valence-corrected chi connectivity index (χ0v) is 43.3. The Hall–Kier alpha value is -5.58. The highest BCUT2D eigenvalue weighted by Crippen LogP contribution is 2.64. The molecule has 3 heterocycles. The van der Waals surface area contributed by atoms with Crippen LogP contribution in [0.3, 0.4) is 0 Å². The van der Waals surface area contributed by atoms with Crippen LogP contribution in [-0.4, -0.2) is 28.6 Å². The first-order valence-corrected chi connectivity index (χ1v) is 26.6. The number of hydrogen-bond donors (Lipinski definition) is 1. The molecule has 69 heavy (non-hydrogen) atoms. The Morgan fingerprint density at radius 3 is 2.04 bits per heavy atom. The second kappa shape index (κ2) is 27.0. The number of aliphatic hydroxyl groups excluding tert-OH is 1. The van der Waals surface area contributed by atoms with E-state index in [1.165, 1.54) is 49.1 Å². The van der Waals surface area contributed by atoms with Gasteiger partial charge in [-0.05, 0) is 145 Å². The largest absolute Gasteiger partial charge is 0.462 e. The van der Waals surface area contributed by atoms with Gasteiger partial charge in [-0.25, -0.2) is 8.78 Å². The number of allylic oxidation sites excluding steroid dienone is 15. The number of benzene rings is 3. The standard InChI is InChI=1S/C31H39O3P.C15H15OP.C14H14F2O/c1-21(2)18-22(3)19-23(4)30(32)26-13-15-28(16-14-26)34-24(5)20-27(12-11-25-8-6-9-25)31(33)29-10-7-17-35-29;1-11-5-7-12(8-6-11)15(16)14-10-13-4-2-3-9-17(13)14;1-10-3-5-12(6-4-10)14(17)8-7-13(16)9-11(2)15/h7,10,12-21,25,30,32,35H,6,8-9,11H2,1-5H3;4-8,10H,2-3,9H2,1H3;3-7,9H,8H2,1-2H3/b22-18-,23-19+,24-20+,27-12+;;11-9+,13-7+. The summed E-state index contributed by atoms with van der Waals surface area (Å²) >= 11 is 0. The predicted octanol–water partition coefficient (Wildman–Crippen LogP) is 17.1. The van der Waals surface area contributed by atoms with Crippen LogP contribution in [-0.2, 0) is 0 Å². The summed E-state index contributed by atoms with van der Waals surface area (Å²) in [5.74, 6) is 3.36. The Morgan fingerprint density at radius 2 is 1.48 bits per heavy atom. The third kappa shape index (κ3) is 17.4. The van der Waals surface area contributed by atoms with Gasteiger partial charge in [0.25, 0.3) is 0 Å². The molecule has 3 unspecified atom stereocenters. The van der Waals surface area contributed by atoms with Gasteiger partial charge in [-0.2, -0.15) is 0 Å². The first-order chi connectivity index (χ1) is 33.0. The van der Waals surface area contributed by atoms with E-state index in [1.54, 1.807) is 12.1 Å². The fourth-order valence-corrected chi connectivity index (χ4v) is 11.1. The van der Waals surface area contributed by atoms with Gasteiger partial charge in [-0.3, -0.25) is 14.4 Å². The maximum absolute atomic E-state index is 13.1. The third-order valence-electron chi connectivity index (χ3n) is 11.9. The van der Waals surface area contributed by atoms with Crippen LogP contribution in [0.15, 0.2) is 184 Å². The molecule has 3 atom stereocenters. The molecule has 3 aromatic carbocycles. The highest BCUT2D eigenvalue weighted by molar-refractivity contribution is 7.70. The van der Waals surface area contributed by atoms with Crippen molar-refractivity contribution >= 4 is 33.5 Å². The van der Waals surface area contributed by atoms with Crippen LogP contribution in [0.25, 0.3) is 0 Å². The van der Waals surface area contributed by atoms with Gasteiger partial charge in [0, 0.05) is 39.8 Å². The van der Waals surface area contributed by atoms with Crippen molar-refractivity contribution in [3.8, 4) is 5.75 Å². The van der Waals surface area contributed by atoms with Crippen LogP contribution in [0.4, 0.5) is 8.78 Å². The molecule has 0 spiro atoms. The number of ether oxygens (including phenoxy) is 1. The van der Waals surface area contributed by atoms with Gasteiger partial charge in [-0.1, -0.05) is 141 Å². The lowest BCUT2D eigenvalue weighted by Gasteiger charge is -2.32. The molecule has 362 valence electrons. The number of rotatable bonds is 17. The summed E-state index contributed by atoms with van der Waals surface area (Å²) in [6, 6.07) is 26.3. The quantitative estimate of drug-likeness (QED) is 0.0375. The van der Waals surface area contributed by atoms with E-state index >= 15 is 0 Å². The summed E-state index contributed by atoms with van der Waals surface area (Å²) in [5, 5.41) is 14.1. The normalized spacial score (nSPS) is 17.2. The number of hydrogen-bond acceptors (Lipinski definition) is 5. The highest BCUT2D eigenvalue weighted by Gasteiger charge is 2.32. The molecule has 9 heteroatoms. The van der Waals surface area contributed by atoms with Crippen molar-refractivity contribution in [3.63, 3.8) is 0 Å². The van der Waals surface area contributed by atoms with Gasteiger partial charge >= 0.3 is 0 Å². The molecule has 0 amide bonds. The Morgan fingerprint density at radius 1 is 0.826 bits per heavy atom. The molecule has 0 bridgehead atoms. The average molecular weight is 969 g/mol. The zero-order valence-electron chi connectivity index (χ0n) is 41.5. The van der Waals surface area contributed by atoms with Crippen LogP contribution in [0, 0.1) is 25.7 Å². The van der Waals surface area contributed by atoms with E-state index in [4.69, 9.17) is 4.74 Å². The molecule has 1 N–H and O–H groups in total. The lowest BCUT2D eigenvalue weighted by Crippen LogP contribution is -2.13. The van der Waals surface area contributed by atoms with Crippen LogP contribution < -0.4 is 4.74 Å². The van der Waals surface area contributed by atoms with E-state index in [0.717, 1.165) is 69.5 Å². The Bertz CT molecular complexity index is 2630. The van der Waals surface area contributed by atoms with Crippen LogP contribution >= 0.6 is 16.1 Å². The van der Waals surface area contributed by atoms with Gasteiger partial charge in [0.2, 0.25) is 0 Å². The number of aryl methyl sites for hydroxylation is 2. The van der Waals surface area contributed by atoms with E-state index in [1.807, 2.05) is 118 Å². The molecule has 1 saturated carbocycles. The molecule has 1 fully saturated rings. The fraction of sp³-hybridized carbons (Fsp3) is 0.317. The van der Waals surface area contributed by atoms with E-state index in [-0.39, 0.29) is 31.7 Å². The molecule has 2 aliphatic heterocycles. The molecule has 4 aromatic rings.